The SMILES string of the molecule is CC(=O)NC(C(=O)NCCCOCC(C)C)C(C)C. The minimum Gasteiger partial charge on any atom is -0.381 e. The van der Waals surface area contributed by atoms with Crippen molar-refractivity contribution in [2.45, 2.75) is 47.1 Å². The predicted molar refractivity (Wildman–Crippen MR) is 75.7 cm³/mol. The second-order valence-electron chi connectivity index (χ2n) is 5.54. The second-order valence-corrected chi connectivity index (χ2v) is 5.54. The van der Waals surface area contributed by atoms with E-state index in [1.807, 2.05) is 13.8 Å². The van der Waals surface area contributed by atoms with Crippen molar-refractivity contribution in [1.29, 1.82) is 0 Å². The van der Waals surface area contributed by atoms with Gasteiger partial charge in [0.25, 0.3) is 0 Å². The number of amides is 2. The molecule has 1 unspecified atom stereocenters. The number of carbonyl (C=O) groups is 2. The molecule has 5 heteroatoms. The normalized spacial score (nSPS) is 12.6. The first-order valence-electron chi connectivity index (χ1n) is 6.97. The smallest absolute Gasteiger partial charge is 0.242 e. The molecule has 19 heavy (non-hydrogen) atoms. The lowest BCUT2D eigenvalue weighted by molar-refractivity contribution is -0.129. The molecule has 0 aliphatic heterocycles. The summed E-state index contributed by atoms with van der Waals surface area (Å²) in [6, 6.07) is -0.464. The van der Waals surface area contributed by atoms with E-state index in [1.54, 1.807) is 0 Å². The first-order chi connectivity index (χ1) is 8.84. The molecule has 0 bridgehead atoms. The maximum Gasteiger partial charge on any atom is 0.242 e. The van der Waals surface area contributed by atoms with Gasteiger partial charge in [0.15, 0.2) is 0 Å². The highest BCUT2D eigenvalue weighted by atomic mass is 16.5. The van der Waals surface area contributed by atoms with Crippen LogP contribution in [0.1, 0.15) is 41.0 Å². The monoisotopic (exact) mass is 272 g/mol. The average Bonchev–Trinajstić information content (AvgIpc) is 2.29. The van der Waals surface area contributed by atoms with Crippen LogP contribution in [-0.2, 0) is 14.3 Å². The third-order valence-electron chi connectivity index (χ3n) is 2.52. The highest BCUT2D eigenvalue weighted by Gasteiger charge is 2.22. The first-order valence-corrected chi connectivity index (χ1v) is 6.97. The Balaban J connectivity index is 3.84. The summed E-state index contributed by atoms with van der Waals surface area (Å²) in [5.41, 5.74) is 0. The summed E-state index contributed by atoms with van der Waals surface area (Å²) in [5.74, 6) is 0.281. The lowest BCUT2D eigenvalue weighted by atomic mass is 10.0. The van der Waals surface area contributed by atoms with E-state index >= 15 is 0 Å². The van der Waals surface area contributed by atoms with Crippen LogP contribution in [0.15, 0.2) is 0 Å². The molecule has 1 atom stereocenters. The van der Waals surface area contributed by atoms with Crippen LogP contribution in [0.4, 0.5) is 0 Å². The maximum absolute atomic E-state index is 11.9. The van der Waals surface area contributed by atoms with E-state index in [-0.39, 0.29) is 17.7 Å². The zero-order chi connectivity index (χ0) is 14.8. The van der Waals surface area contributed by atoms with Gasteiger partial charge >= 0.3 is 0 Å². The van der Waals surface area contributed by atoms with Crippen LogP contribution in [0.2, 0.25) is 0 Å². The molecule has 0 aromatic carbocycles. The van der Waals surface area contributed by atoms with Gasteiger partial charge in [-0.05, 0) is 18.3 Å². The molecule has 2 amide bonds. The molecule has 0 aromatic heterocycles. The fourth-order valence-electron chi connectivity index (χ4n) is 1.57. The molecule has 0 saturated heterocycles. The zero-order valence-electron chi connectivity index (χ0n) is 12.8. The second kappa shape index (κ2) is 9.78. The molecule has 0 radical (unpaired) electrons. The molecule has 0 fully saturated rings. The summed E-state index contributed by atoms with van der Waals surface area (Å²) in [7, 11) is 0. The number of hydrogen-bond acceptors (Lipinski definition) is 3. The molecule has 112 valence electrons. The van der Waals surface area contributed by atoms with Gasteiger partial charge in [-0.3, -0.25) is 9.59 Å². The number of nitrogens with one attached hydrogen (secondary N) is 2. The van der Waals surface area contributed by atoms with E-state index in [0.717, 1.165) is 13.0 Å². The van der Waals surface area contributed by atoms with E-state index < -0.39 is 6.04 Å². The van der Waals surface area contributed by atoms with Crippen molar-refractivity contribution < 1.29 is 14.3 Å². The van der Waals surface area contributed by atoms with Crippen LogP contribution < -0.4 is 10.6 Å². The van der Waals surface area contributed by atoms with E-state index in [2.05, 4.69) is 24.5 Å². The molecular weight excluding hydrogens is 244 g/mol. The Labute approximate surface area is 116 Å². The summed E-state index contributed by atoms with van der Waals surface area (Å²) in [6.07, 6.45) is 0.781. The van der Waals surface area contributed by atoms with Gasteiger partial charge in [-0.15, -0.1) is 0 Å². The number of hydrogen-bond donors (Lipinski definition) is 2. The van der Waals surface area contributed by atoms with Gasteiger partial charge in [-0.2, -0.15) is 0 Å². The Bertz CT molecular complexity index is 278. The summed E-state index contributed by atoms with van der Waals surface area (Å²) in [6.45, 7) is 11.4. The number of rotatable bonds is 9. The molecule has 0 saturated carbocycles. The van der Waals surface area contributed by atoms with E-state index in [0.29, 0.717) is 19.1 Å². The minimum atomic E-state index is -0.464. The Morgan fingerprint density at radius 3 is 2.26 bits per heavy atom. The van der Waals surface area contributed by atoms with Crippen molar-refractivity contribution in [3.63, 3.8) is 0 Å². The Hall–Kier alpha value is -1.10. The molecule has 0 heterocycles. The van der Waals surface area contributed by atoms with Crippen LogP contribution in [0.3, 0.4) is 0 Å². The lowest BCUT2D eigenvalue weighted by Crippen LogP contribution is -2.49. The van der Waals surface area contributed by atoms with Crippen molar-refractivity contribution in [3.8, 4) is 0 Å². The van der Waals surface area contributed by atoms with Gasteiger partial charge in [-0.25, -0.2) is 0 Å². The summed E-state index contributed by atoms with van der Waals surface area (Å²) in [5, 5.41) is 5.49. The molecule has 0 rings (SSSR count). The molecule has 2 N–H and O–H groups in total. The van der Waals surface area contributed by atoms with Crippen molar-refractivity contribution >= 4 is 11.8 Å². The lowest BCUT2D eigenvalue weighted by Gasteiger charge is -2.20. The predicted octanol–water partition coefficient (Wildman–Crippen LogP) is 1.33. The van der Waals surface area contributed by atoms with Crippen LogP contribution in [0, 0.1) is 11.8 Å². The molecule has 5 nitrogen and oxygen atoms in total. The van der Waals surface area contributed by atoms with Crippen molar-refractivity contribution in [1.82, 2.24) is 10.6 Å². The van der Waals surface area contributed by atoms with Gasteiger partial charge in [-0.1, -0.05) is 27.7 Å². The highest BCUT2D eigenvalue weighted by Crippen LogP contribution is 2.01. The van der Waals surface area contributed by atoms with Gasteiger partial charge in [0.2, 0.25) is 11.8 Å². The standard InChI is InChI=1S/C14H28N2O3/c1-10(2)9-19-8-6-7-15-14(18)13(11(3)4)16-12(5)17/h10-11,13H,6-9H2,1-5H3,(H,15,18)(H,16,17). The molecule has 0 aliphatic rings. The Morgan fingerprint density at radius 1 is 1.16 bits per heavy atom. The van der Waals surface area contributed by atoms with Gasteiger partial charge < -0.3 is 15.4 Å². The summed E-state index contributed by atoms with van der Waals surface area (Å²) >= 11 is 0. The molecule has 0 spiro atoms. The maximum atomic E-state index is 11.9. The number of ether oxygens (including phenoxy) is 1. The van der Waals surface area contributed by atoms with E-state index in [4.69, 9.17) is 4.74 Å². The topological polar surface area (TPSA) is 67.4 Å². The van der Waals surface area contributed by atoms with Gasteiger partial charge in [0.1, 0.15) is 6.04 Å². The summed E-state index contributed by atoms with van der Waals surface area (Å²) in [4.78, 5) is 22.9. The van der Waals surface area contributed by atoms with Crippen LogP contribution in [0.5, 0.6) is 0 Å². The minimum absolute atomic E-state index is 0.0705. The van der Waals surface area contributed by atoms with Gasteiger partial charge in [0, 0.05) is 26.7 Å². The third-order valence-corrected chi connectivity index (χ3v) is 2.52. The average molecular weight is 272 g/mol. The first kappa shape index (κ1) is 17.9. The molecule has 0 aromatic rings. The third kappa shape index (κ3) is 9.47. The molecular formula is C14H28N2O3. The van der Waals surface area contributed by atoms with Crippen molar-refractivity contribution in [2.24, 2.45) is 11.8 Å². The Morgan fingerprint density at radius 2 is 1.79 bits per heavy atom. The van der Waals surface area contributed by atoms with Crippen LogP contribution in [0.25, 0.3) is 0 Å². The van der Waals surface area contributed by atoms with Crippen molar-refractivity contribution in [3.05, 3.63) is 0 Å². The Kier molecular flexibility index (Phi) is 9.21. The van der Waals surface area contributed by atoms with E-state index in [1.165, 1.54) is 6.92 Å². The summed E-state index contributed by atoms with van der Waals surface area (Å²) < 4.78 is 5.43. The van der Waals surface area contributed by atoms with Crippen LogP contribution in [-0.4, -0.2) is 37.6 Å². The fraction of sp³-hybridized carbons (Fsp3) is 0.857. The van der Waals surface area contributed by atoms with Gasteiger partial charge in [0.05, 0.1) is 0 Å². The van der Waals surface area contributed by atoms with Crippen molar-refractivity contribution in [2.75, 3.05) is 19.8 Å². The zero-order valence-corrected chi connectivity index (χ0v) is 12.8. The quantitative estimate of drug-likeness (QED) is 0.622. The number of carbonyl (C=O) groups excluding carboxylic acids is 2. The largest absolute Gasteiger partial charge is 0.381 e. The molecule has 0 aliphatic carbocycles. The van der Waals surface area contributed by atoms with Crippen LogP contribution >= 0.6 is 0 Å². The highest BCUT2D eigenvalue weighted by molar-refractivity contribution is 5.86. The van der Waals surface area contributed by atoms with E-state index in [9.17, 15) is 9.59 Å². The fourth-order valence-corrected chi connectivity index (χ4v) is 1.57.